The van der Waals surface area contributed by atoms with Crippen LogP contribution in [0.15, 0.2) is 0 Å². The van der Waals surface area contributed by atoms with Crippen LogP contribution in [-0.4, -0.2) is 35.0 Å². The van der Waals surface area contributed by atoms with Gasteiger partial charge in [0, 0.05) is 0 Å². The Kier molecular flexibility index (Phi) is 4.18. The number of ether oxygens (including phenoxy) is 1. The third-order valence-electron chi connectivity index (χ3n) is 2.28. The summed E-state index contributed by atoms with van der Waals surface area (Å²) in [6.45, 7) is -0.564. The Hall–Kier alpha value is -0.610. The molecule has 2 N–H and O–H groups in total. The molecule has 0 aliphatic heterocycles. The molecule has 1 atom stereocenters. The molecule has 4 heteroatoms. The maximum absolute atomic E-state index is 11.0. The number of carbonyl (C=O) groups excluding carboxylic acids is 1. The van der Waals surface area contributed by atoms with E-state index in [0.717, 1.165) is 25.7 Å². The van der Waals surface area contributed by atoms with Gasteiger partial charge in [0.2, 0.25) is 0 Å². The zero-order valence-electron chi connectivity index (χ0n) is 7.61. The van der Waals surface area contributed by atoms with E-state index in [1.165, 1.54) is 6.42 Å². The zero-order chi connectivity index (χ0) is 9.68. The molecule has 0 spiro atoms. The Morgan fingerprint density at radius 2 is 2.00 bits per heavy atom. The molecule has 0 saturated heterocycles. The van der Waals surface area contributed by atoms with Gasteiger partial charge in [-0.3, -0.25) is 0 Å². The van der Waals surface area contributed by atoms with Gasteiger partial charge in [-0.1, -0.05) is 6.42 Å². The summed E-state index contributed by atoms with van der Waals surface area (Å²) in [6, 6.07) is 0. The minimum atomic E-state index is -1.37. The number of hydrogen-bond acceptors (Lipinski definition) is 4. The van der Waals surface area contributed by atoms with E-state index in [4.69, 9.17) is 14.9 Å². The highest BCUT2D eigenvalue weighted by atomic mass is 16.6. The minimum Gasteiger partial charge on any atom is -0.460 e. The summed E-state index contributed by atoms with van der Waals surface area (Å²) in [5.74, 6) is -0.700. The molecule has 1 aliphatic carbocycles. The highest BCUT2D eigenvalue weighted by molar-refractivity contribution is 5.74. The molecule has 4 nitrogen and oxygen atoms in total. The second-order valence-corrected chi connectivity index (χ2v) is 3.40. The van der Waals surface area contributed by atoms with Crippen LogP contribution in [-0.2, 0) is 9.53 Å². The number of hydrogen-bond donors (Lipinski definition) is 2. The summed E-state index contributed by atoms with van der Waals surface area (Å²) < 4.78 is 5.00. The van der Waals surface area contributed by atoms with Crippen LogP contribution in [0.4, 0.5) is 0 Å². The van der Waals surface area contributed by atoms with Crippen molar-refractivity contribution in [2.45, 2.75) is 44.3 Å². The van der Waals surface area contributed by atoms with E-state index in [2.05, 4.69) is 0 Å². The van der Waals surface area contributed by atoms with Crippen LogP contribution in [0.5, 0.6) is 0 Å². The monoisotopic (exact) mass is 188 g/mol. The lowest BCUT2D eigenvalue weighted by Gasteiger charge is -2.22. The van der Waals surface area contributed by atoms with Crippen molar-refractivity contribution in [1.29, 1.82) is 0 Å². The quantitative estimate of drug-likeness (QED) is 0.621. The molecule has 0 aromatic heterocycles. The first kappa shape index (κ1) is 10.5. The zero-order valence-corrected chi connectivity index (χ0v) is 7.61. The van der Waals surface area contributed by atoms with E-state index in [-0.39, 0.29) is 6.10 Å². The molecule has 0 aromatic carbocycles. The summed E-state index contributed by atoms with van der Waals surface area (Å²) in [4.78, 5) is 11.0. The molecule has 1 fully saturated rings. The molecular weight excluding hydrogens is 172 g/mol. The van der Waals surface area contributed by atoms with Crippen molar-refractivity contribution in [3.63, 3.8) is 0 Å². The maximum Gasteiger partial charge on any atom is 0.337 e. The fourth-order valence-corrected chi connectivity index (χ4v) is 1.50. The molecule has 0 amide bonds. The number of esters is 1. The second-order valence-electron chi connectivity index (χ2n) is 3.40. The van der Waals surface area contributed by atoms with Gasteiger partial charge in [0.05, 0.1) is 6.61 Å². The van der Waals surface area contributed by atoms with Crippen LogP contribution in [0.2, 0.25) is 0 Å². The van der Waals surface area contributed by atoms with E-state index in [1.807, 2.05) is 0 Å². The number of aliphatic hydroxyl groups is 2. The largest absolute Gasteiger partial charge is 0.460 e. The van der Waals surface area contributed by atoms with E-state index >= 15 is 0 Å². The van der Waals surface area contributed by atoms with Gasteiger partial charge in [-0.15, -0.1) is 0 Å². The SMILES string of the molecule is O=C(OC1CCCCC1)C(O)CO. The van der Waals surface area contributed by atoms with E-state index in [0.29, 0.717) is 0 Å². The predicted molar refractivity (Wildman–Crippen MR) is 46.1 cm³/mol. The fraction of sp³-hybridized carbons (Fsp3) is 0.889. The van der Waals surface area contributed by atoms with Gasteiger partial charge in [0.1, 0.15) is 6.10 Å². The van der Waals surface area contributed by atoms with Gasteiger partial charge in [0.15, 0.2) is 6.10 Å². The summed E-state index contributed by atoms with van der Waals surface area (Å²) >= 11 is 0. The van der Waals surface area contributed by atoms with Gasteiger partial charge < -0.3 is 14.9 Å². The van der Waals surface area contributed by atoms with E-state index in [9.17, 15) is 4.79 Å². The Labute approximate surface area is 77.5 Å². The fourth-order valence-electron chi connectivity index (χ4n) is 1.50. The van der Waals surface area contributed by atoms with Gasteiger partial charge in [-0.05, 0) is 25.7 Å². The molecule has 0 aromatic rings. The highest BCUT2D eigenvalue weighted by Crippen LogP contribution is 2.20. The first-order chi connectivity index (χ1) is 6.24. The van der Waals surface area contributed by atoms with Gasteiger partial charge in [-0.2, -0.15) is 0 Å². The van der Waals surface area contributed by atoms with Crippen molar-refractivity contribution in [2.75, 3.05) is 6.61 Å². The van der Waals surface area contributed by atoms with Crippen molar-refractivity contribution in [2.24, 2.45) is 0 Å². The molecule has 0 radical (unpaired) electrons. The van der Waals surface area contributed by atoms with Gasteiger partial charge in [-0.25, -0.2) is 4.79 Å². The second kappa shape index (κ2) is 5.19. The lowest BCUT2D eigenvalue weighted by atomic mass is 9.98. The van der Waals surface area contributed by atoms with Crippen molar-refractivity contribution in [3.8, 4) is 0 Å². The first-order valence-corrected chi connectivity index (χ1v) is 4.73. The van der Waals surface area contributed by atoms with Gasteiger partial charge >= 0.3 is 5.97 Å². The van der Waals surface area contributed by atoms with Crippen molar-refractivity contribution in [3.05, 3.63) is 0 Å². The third kappa shape index (κ3) is 3.32. The molecule has 1 saturated carbocycles. The van der Waals surface area contributed by atoms with Crippen LogP contribution in [0.1, 0.15) is 32.1 Å². The van der Waals surface area contributed by atoms with Crippen LogP contribution in [0, 0.1) is 0 Å². The van der Waals surface area contributed by atoms with Crippen molar-refractivity contribution in [1.82, 2.24) is 0 Å². The smallest absolute Gasteiger partial charge is 0.337 e. The normalized spacial score (nSPS) is 21.1. The van der Waals surface area contributed by atoms with Crippen LogP contribution in [0.25, 0.3) is 0 Å². The predicted octanol–water partition coefficient (Wildman–Crippen LogP) is 0.216. The number of rotatable bonds is 3. The average Bonchev–Trinajstić information content (AvgIpc) is 2.18. The standard InChI is InChI=1S/C9H16O4/c10-6-8(11)9(12)13-7-4-2-1-3-5-7/h7-8,10-11H,1-6H2. The Morgan fingerprint density at radius 1 is 1.38 bits per heavy atom. The Balaban J connectivity index is 2.26. The summed E-state index contributed by atoms with van der Waals surface area (Å²) in [6.07, 6.45) is 3.68. The Morgan fingerprint density at radius 3 is 2.54 bits per heavy atom. The Bertz CT molecular complexity index is 163. The van der Waals surface area contributed by atoms with Gasteiger partial charge in [0.25, 0.3) is 0 Å². The molecule has 0 bridgehead atoms. The first-order valence-electron chi connectivity index (χ1n) is 4.73. The molecule has 76 valence electrons. The molecule has 1 unspecified atom stereocenters. The van der Waals surface area contributed by atoms with Crippen molar-refractivity contribution >= 4 is 5.97 Å². The lowest BCUT2D eigenvalue weighted by Crippen LogP contribution is -2.31. The van der Waals surface area contributed by atoms with E-state index in [1.54, 1.807) is 0 Å². The van der Waals surface area contributed by atoms with Crippen LogP contribution >= 0.6 is 0 Å². The van der Waals surface area contributed by atoms with Crippen molar-refractivity contribution < 1.29 is 19.7 Å². The minimum absolute atomic E-state index is 0.0533. The number of aliphatic hydroxyl groups excluding tert-OH is 2. The van der Waals surface area contributed by atoms with Crippen LogP contribution in [0.3, 0.4) is 0 Å². The average molecular weight is 188 g/mol. The topological polar surface area (TPSA) is 66.8 Å². The maximum atomic E-state index is 11.0. The molecule has 0 heterocycles. The molecule has 1 aliphatic rings. The third-order valence-corrected chi connectivity index (χ3v) is 2.28. The summed E-state index contributed by atoms with van der Waals surface area (Å²) in [7, 11) is 0. The summed E-state index contributed by atoms with van der Waals surface area (Å²) in [5, 5.41) is 17.4. The van der Waals surface area contributed by atoms with Crippen LogP contribution < -0.4 is 0 Å². The molecular formula is C9H16O4. The highest BCUT2D eigenvalue weighted by Gasteiger charge is 2.21. The lowest BCUT2D eigenvalue weighted by molar-refractivity contribution is -0.162. The number of carbonyl (C=O) groups is 1. The summed E-state index contributed by atoms with van der Waals surface area (Å²) in [5.41, 5.74) is 0. The molecule has 13 heavy (non-hydrogen) atoms. The van der Waals surface area contributed by atoms with E-state index < -0.39 is 18.7 Å². The molecule has 1 rings (SSSR count).